The number of hydrogen-bond acceptors (Lipinski definition) is 1. The standard InChI is InChI=1S/C17H27N/c1-5-9-13(2)17(15(4)18)14(3)12-16-10-7-6-8-11-16/h5,9,16,18H,1,6-8,10-12H2,2-4H3/b13-9-,17-14-,18-15?. The second-order valence-corrected chi connectivity index (χ2v) is 5.57. The predicted molar refractivity (Wildman–Crippen MR) is 81.2 cm³/mol. The molecule has 100 valence electrons. The molecule has 0 aromatic rings. The molecule has 1 nitrogen and oxygen atoms in total. The third-order valence-corrected chi connectivity index (χ3v) is 3.88. The average molecular weight is 245 g/mol. The van der Waals surface area contributed by atoms with Gasteiger partial charge in [-0.1, -0.05) is 56.4 Å². The lowest BCUT2D eigenvalue weighted by Gasteiger charge is -2.23. The van der Waals surface area contributed by atoms with Crippen LogP contribution < -0.4 is 0 Å². The number of rotatable bonds is 5. The highest BCUT2D eigenvalue weighted by Crippen LogP contribution is 2.31. The summed E-state index contributed by atoms with van der Waals surface area (Å²) >= 11 is 0. The van der Waals surface area contributed by atoms with E-state index in [2.05, 4.69) is 20.4 Å². The van der Waals surface area contributed by atoms with E-state index in [1.807, 2.05) is 19.1 Å². The fraction of sp³-hybridized carbons (Fsp3) is 0.588. The van der Waals surface area contributed by atoms with Crippen molar-refractivity contribution < 1.29 is 0 Å². The second-order valence-electron chi connectivity index (χ2n) is 5.57. The topological polar surface area (TPSA) is 23.9 Å². The monoisotopic (exact) mass is 245 g/mol. The number of hydrogen-bond donors (Lipinski definition) is 1. The summed E-state index contributed by atoms with van der Waals surface area (Å²) in [6.45, 7) is 9.92. The minimum atomic E-state index is 0.680. The molecule has 1 fully saturated rings. The van der Waals surface area contributed by atoms with Gasteiger partial charge in [0.05, 0.1) is 0 Å². The number of nitrogens with one attached hydrogen (secondary N) is 1. The fourth-order valence-corrected chi connectivity index (χ4v) is 3.14. The normalized spacial score (nSPS) is 19.4. The van der Waals surface area contributed by atoms with Crippen molar-refractivity contribution in [3.63, 3.8) is 0 Å². The van der Waals surface area contributed by atoms with E-state index in [1.165, 1.54) is 43.3 Å². The number of allylic oxidation sites excluding steroid dienone is 5. The highest BCUT2D eigenvalue weighted by Gasteiger charge is 2.16. The lowest BCUT2D eigenvalue weighted by molar-refractivity contribution is 0.355. The highest BCUT2D eigenvalue weighted by molar-refractivity contribution is 6.00. The maximum absolute atomic E-state index is 7.98. The Morgan fingerprint density at radius 2 is 1.78 bits per heavy atom. The van der Waals surface area contributed by atoms with Crippen molar-refractivity contribution in [3.05, 3.63) is 35.5 Å². The Labute approximate surface area is 112 Å². The fourth-order valence-electron chi connectivity index (χ4n) is 3.14. The molecule has 0 aliphatic heterocycles. The van der Waals surface area contributed by atoms with Crippen LogP contribution in [0, 0.1) is 11.3 Å². The molecule has 0 heterocycles. The molecule has 1 saturated carbocycles. The van der Waals surface area contributed by atoms with E-state index in [9.17, 15) is 0 Å². The van der Waals surface area contributed by atoms with Crippen molar-refractivity contribution in [2.75, 3.05) is 0 Å². The van der Waals surface area contributed by atoms with Gasteiger partial charge in [-0.3, -0.25) is 0 Å². The zero-order chi connectivity index (χ0) is 13.5. The first kappa shape index (κ1) is 14.9. The first-order valence-corrected chi connectivity index (χ1v) is 7.11. The molecule has 1 N–H and O–H groups in total. The molecule has 0 atom stereocenters. The zero-order valence-electron chi connectivity index (χ0n) is 12.2. The molecule has 0 saturated heterocycles. The average Bonchev–Trinajstić information content (AvgIpc) is 2.30. The largest absolute Gasteiger partial charge is 0.305 e. The van der Waals surface area contributed by atoms with Crippen LogP contribution in [0.15, 0.2) is 35.5 Å². The van der Waals surface area contributed by atoms with Crippen molar-refractivity contribution in [1.29, 1.82) is 5.41 Å². The van der Waals surface area contributed by atoms with Crippen molar-refractivity contribution in [2.24, 2.45) is 5.92 Å². The molecular weight excluding hydrogens is 218 g/mol. The van der Waals surface area contributed by atoms with E-state index in [-0.39, 0.29) is 0 Å². The molecule has 1 aliphatic carbocycles. The maximum atomic E-state index is 7.98. The van der Waals surface area contributed by atoms with Gasteiger partial charge in [0.1, 0.15) is 0 Å². The van der Waals surface area contributed by atoms with Gasteiger partial charge in [-0.15, -0.1) is 0 Å². The van der Waals surface area contributed by atoms with Crippen molar-refractivity contribution in [2.45, 2.75) is 59.3 Å². The van der Waals surface area contributed by atoms with Gasteiger partial charge in [-0.25, -0.2) is 0 Å². The van der Waals surface area contributed by atoms with Crippen LogP contribution in [0.5, 0.6) is 0 Å². The van der Waals surface area contributed by atoms with Crippen LogP contribution in [0.25, 0.3) is 0 Å². The Morgan fingerprint density at radius 3 is 2.28 bits per heavy atom. The zero-order valence-corrected chi connectivity index (χ0v) is 12.2. The van der Waals surface area contributed by atoms with Gasteiger partial charge in [0.15, 0.2) is 0 Å². The van der Waals surface area contributed by atoms with Gasteiger partial charge in [-0.05, 0) is 44.3 Å². The van der Waals surface area contributed by atoms with Crippen LogP contribution in [0.1, 0.15) is 59.3 Å². The third-order valence-electron chi connectivity index (χ3n) is 3.88. The summed E-state index contributed by atoms with van der Waals surface area (Å²) in [7, 11) is 0. The SMILES string of the molecule is C=C/C=C(C)\C(C(C)=N)=C(/C)CC1CCCCC1. The van der Waals surface area contributed by atoms with E-state index in [0.717, 1.165) is 17.9 Å². The molecule has 0 spiro atoms. The molecule has 0 unspecified atom stereocenters. The maximum Gasteiger partial charge on any atom is 0.0357 e. The summed E-state index contributed by atoms with van der Waals surface area (Å²) < 4.78 is 0. The summed E-state index contributed by atoms with van der Waals surface area (Å²) in [6.07, 6.45) is 11.9. The van der Waals surface area contributed by atoms with E-state index in [0.29, 0.717) is 5.71 Å². The van der Waals surface area contributed by atoms with Crippen LogP contribution in [0.2, 0.25) is 0 Å². The van der Waals surface area contributed by atoms with Crippen LogP contribution in [0.4, 0.5) is 0 Å². The van der Waals surface area contributed by atoms with Crippen molar-refractivity contribution in [3.8, 4) is 0 Å². The quantitative estimate of drug-likeness (QED) is 0.492. The van der Waals surface area contributed by atoms with Gasteiger partial charge >= 0.3 is 0 Å². The van der Waals surface area contributed by atoms with Gasteiger partial charge < -0.3 is 5.41 Å². The smallest absolute Gasteiger partial charge is 0.0357 e. The van der Waals surface area contributed by atoms with E-state index in [1.54, 1.807) is 0 Å². The Kier molecular flexibility index (Phi) is 6.11. The molecule has 0 amide bonds. The first-order valence-electron chi connectivity index (χ1n) is 7.11. The van der Waals surface area contributed by atoms with Crippen molar-refractivity contribution >= 4 is 5.71 Å². The van der Waals surface area contributed by atoms with E-state index < -0.39 is 0 Å². The molecular formula is C17H27N. The van der Waals surface area contributed by atoms with Gasteiger partial charge in [0.25, 0.3) is 0 Å². The highest BCUT2D eigenvalue weighted by atomic mass is 14.4. The van der Waals surface area contributed by atoms with Crippen LogP contribution in [-0.4, -0.2) is 5.71 Å². The van der Waals surface area contributed by atoms with Crippen LogP contribution in [0.3, 0.4) is 0 Å². The lowest BCUT2D eigenvalue weighted by atomic mass is 9.83. The third kappa shape index (κ3) is 4.29. The van der Waals surface area contributed by atoms with Crippen molar-refractivity contribution in [1.82, 2.24) is 0 Å². The predicted octanol–water partition coefficient (Wildman–Crippen LogP) is 5.45. The Balaban J connectivity index is 2.86. The molecule has 0 radical (unpaired) electrons. The molecule has 1 heteroatoms. The second kappa shape index (κ2) is 7.35. The summed E-state index contributed by atoms with van der Waals surface area (Å²) in [5, 5.41) is 7.98. The van der Waals surface area contributed by atoms with E-state index >= 15 is 0 Å². The summed E-state index contributed by atoms with van der Waals surface area (Å²) in [6, 6.07) is 0. The molecule has 0 bridgehead atoms. The van der Waals surface area contributed by atoms with Gasteiger partial charge in [-0.2, -0.15) is 0 Å². The molecule has 18 heavy (non-hydrogen) atoms. The molecule has 0 aromatic carbocycles. The Morgan fingerprint density at radius 1 is 1.17 bits per heavy atom. The van der Waals surface area contributed by atoms with Gasteiger partial charge in [0, 0.05) is 5.71 Å². The Hall–Kier alpha value is -1.11. The molecule has 0 aromatic heterocycles. The summed E-state index contributed by atoms with van der Waals surface area (Å²) in [5.74, 6) is 0.838. The summed E-state index contributed by atoms with van der Waals surface area (Å²) in [4.78, 5) is 0. The minimum absolute atomic E-state index is 0.680. The van der Waals surface area contributed by atoms with E-state index in [4.69, 9.17) is 5.41 Å². The minimum Gasteiger partial charge on any atom is -0.305 e. The molecule has 1 rings (SSSR count). The molecule has 1 aliphatic rings. The summed E-state index contributed by atoms with van der Waals surface area (Å²) in [5.41, 5.74) is 4.37. The first-order chi connectivity index (χ1) is 8.56. The van der Waals surface area contributed by atoms with Crippen LogP contribution in [-0.2, 0) is 0 Å². The lowest BCUT2D eigenvalue weighted by Crippen LogP contribution is -2.09. The Bertz CT molecular complexity index is 365. The van der Waals surface area contributed by atoms with Gasteiger partial charge in [0.2, 0.25) is 0 Å². The van der Waals surface area contributed by atoms with Crippen LogP contribution >= 0.6 is 0 Å².